The molecule has 2 heterocycles. The molecule has 0 radical (unpaired) electrons. The van der Waals surface area contributed by atoms with Gasteiger partial charge in [0.1, 0.15) is 5.56 Å². The number of aromatic amines is 1. The second-order valence-corrected chi connectivity index (χ2v) is 10.5. The van der Waals surface area contributed by atoms with Gasteiger partial charge in [0.05, 0.1) is 0 Å². The van der Waals surface area contributed by atoms with Gasteiger partial charge in [-0.2, -0.15) is 0 Å². The summed E-state index contributed by atoms with van der Waals surface area (Å²) in [7, 11) is 0. The zero-order chi connectivity index (χ0) is 20.7. The van der Waals surface area contributed by atoms with Crippen LogP contribution in [-0.2, 0) is 6.54 Å². The summed E-state index contributed by atoms with van der Waals surface area (Å²) in [5.74, 6) is 2.14. The molecule has 0 aromatic carbocycles. The molecule has 30 heavy (non-hydrogen) atoms. The van der Waals surface area contributed by atoms with E-state index in [1.54, 1.807) is 6.07 Å². The van der Waals surface area contributed by atoms with Gasteiger partial charge in [-0.3, -0.25) is 14.5 Å². The predicted octanol–water partition coefficient (Wildman–Crippen LogP) is 2.60. The number of carbonyl (C=O) groups is 1. The zero-order valence-electron chi connectivity index (χ0n) is 18.3. The van der Waals surface area contributed by atoms with Crippen molar-refractivity contribution in [3.63, 3.8) is 0 Å². The first-order valence-corrected chi connectivity index (χ1v) is 12.0. The molecular weight excluding hydrogens is 376 g/mol. The maximum atomic E-state index is 13.0. The van der Waals surface area contributed by atoms with Gasteiger partial charge < -0.3 is 15.2 Å². The third kappa shape index (κ3) is 4.09. The predicted molar refractivity (Wildman–Crippen MR) is 117 cm³/mol. The Morgan fingerprint density at radius 1 is 1.03 bits per heavy atom. The first-order chi connectivity index (χ1) is 14.5. The molecule has 6 rings (SSSR count). The normalized spacial score (nSPS) is 33.7. The Morgan fingerprint density at radius 3 is 2.20 bits per heavy atom. The van der Waals surface area contributed by atoms with Crippen molar-refractivity contribution in [1.82, 2.24) is 20.1 Å². The second kappa shape index (κ2) is 8.12. The zero-order valence-corrected chi connectivity index (χ0v) is 18.3. The molecular formula is C24H36N4O2. The maximum Gasteiger partial charge on any atom is 0.261 e. The van der Waals surface area contributed by atoms with Crippen molar-refractivity contribution in [2.75, 3.05) is 32.7 Å². The van der Waals surface area contributed by atoms with Crippen molar-refractivity contribution in [3.8, 4) is 0 Å². The molecule has 5 fully saturated rings. The minimum absolute atomic E-state index is 0.0604. The van der Waals surface area contributed by atoms with Crippen LogP contribution in [-0.4, -0.2) is 59.0 Å². The van der Waals surface area contributed by atoms with Gasteiger partial charge in [-0.25, -0.2) is 0 Å². The molecule has 0 unspecified atom stereocenters. The van der Waals surface area contributed by atoms with Crippen molar-refractivity contribution in [3.05, 3.63) is 33.7 Å². The van der Waals surface area contributed by atoms with Crippen LogP contribution in [0.5, 0.6) is 0 Å². The maximum absolute atomic E-state index is 13.0. The molecule has 2 N–H and O–H groups in total. The molecule has 1 amide bonds. The van der Waals surface area contributed by atoms with Crippen molar-refractivity contribution in [2.24, 2.45) is 17.8 Å². The fourth-order valence-corrected chi connectivity index (χ4v) is 7.09. The van der Waals surface area contributed by atoms with E-state index < -0.39 is 0 Å². The SMILES string of the molecule is CCCN1CCN(Cc2ccc(C(=O)NC34CC5CC(CC(C5)C3)C4)c(=O)[nH]2)CC1. The number of rotatable bonds is 6. The van der Waals surface area contributed by atoms with E-state index in [-0.39, 0.29) is 22.6 Å². The lowest BCUT2D eigenvalue weighted by Gasteiger charge is -2.56. The van der Waals surface area contributed by atoms with E-state index in [9.17, 15) is 9.59 Å². The van der Waals surface area contributed by atoms with Crippen LogP contribution in [0.25, 0.3) is 0 Å². The lowest BCUT2D eigenvalue weighted by Crippen LogP contribution is -2.60. The van der Waals surface area contributed by atoms with Crippen LogP contribution in [0.4, 0.5) is 0 Å². The van der Waals surface area contributed by atoms with Crippen LogP contribution in [0.15, 0.2) is 16.9 Å². The van der Waals surface area contributed by atoms with Crippen LogP contribution < -0.4 is 10.9 Å². The molecule has 5 aliphatic rings. The average Bonchev–Trinajstić information content (AvgIpc) is 2.68. The lowest BCUT2D eigenvalue weighted by molar-refractivity contribution is -0.0167. The highest BCUT2D eigenvalue weighted by Gasteiger charge is 2.51. The summed E-state index contributed by atoms with van der Waals surface area (Å²) in [6.45, 7) is 8.35. The van der Waals surface area contributed by atoms with Gasteiger partial charge >= 0.3 is 0 Å². The smallest absolute Gasteiger partial charge is 0.261 e. The van der Waals surface area contributed by atoms with Crippen LogP contribution >= 0.6 is 0 Å². The van der Waals surface area contributed by atoms with E-state index in [1.807, 2.05) is 6.07 Å². The topological polar surface area (TPSA) is 68.4 Å². The molecule has 4 saturated carbocycles. The van der Waals surface area contributed by atoms with E-state index in [4.69, 9.17) is 0 Å². The summed E-state index contributed by atoms with van der Waals surface area (Å²) in [6.07, 6.45) is 8.53. The number of amides is 1. The lowest BCUT2D eigenvalue weighted by atomic mass is 9.53. The number of pyridine rings is 1. The summed E-state index contributed by atoms with van der Waals surface area (Å²) < 4.78 is 0. The number of nitrogens with zero attached hydrogens (tertiary/aromatic N) is 2. The Bertz CT molecular complexity index is 805. The Balaban J connectivity index is 1.21. The van der Waals surface area contributed by atoms with E-state index in [2.05, 4.69) is 27.0 Å². The summed E-state index contributed by atoms with van der Waals surface area (Å²) >= 11 is 0. The van der Waals surface area contributed by atoms with Crippen LogP contribution in [0.1, 0.15) is 67.9 Å². The van der Waals surface area contributed by atoms with Crippen LogP contribution in [0.2, 0.25) is 0 Å². The minimum Gasteiger partial charge on any atom is -0.346 e. The highest BCUT2D eigenvalue weighted by atomic mass is 16.2. The quantitative estimate of drug-likeness (QED) is 0.754. The van der Waals surface area contributed by atoms with Crippen molar-refractivity contribution < 1.29 is 4.79 Å². The third-order valence-electron chi connectivity index (χ3n) is 8.03. The van der Waals surface area contributed by atoms with Crippen LogP contribution in [0, 0.1) is 17.8 Å². The molecule has 6 heteroatoms. The molecule has 4 bridgehead atoms. The summed E-state index contributed by atoms with van der Waals surface area (Å²) in [4.78, 5) is 33.6. The van der Waals surface area contributed by atoms with Gasteiger partial charge in [-0.05, 0) is 81.4 Å². The highest BCUT2D eigenvalue weighted by Crippen LogP contribution is 2.55. The fourth-order valence-electron chi connectivity index (χ4n) is 7.09. The Labute approximate surface area is 179 Å². The van der Waals surface area contributed by atoms with Gasteiger partial charge in [0.15, 0.2) is 0 Å². The molecule has 1 saturated heterocycles. The molecule has 4 aliphatic carbocycles. The van der Waals surface area contributed by atoms with Gasteiger partial charge in [0, 0.05) is 44.0 Å². The average molecular weight is 413 g/mol. The van der Waals surface area contributed by atoms with Crippen molar-refractivity contribution in [2.45, 2.75) is 64.0 Å². The number of H-pyrrole nitrogens is 1. The van der Waals surface area contributed by atoms with E-state index >= 15 is 0 Å². The first-order valence-electron chi connectivity index (χ1n) is 12.0. The molecule has 0 atom stereocenters. The third-order valence-corrected chi connectivity index (χ3v) is 8.03. The molecule has 164 valence electrons. The minimum atomic E-state index is -0.251. The molecule has 1 aromatic heterocycles. The Morgan fingerprint density at radius 2 is 1.63 bits per heavy atom. The number of nitrogens with one attached hydrogen (secondary N) is 2. The molecule has 1 aliphatic heterocycles. The number of aromatic nitrogens is 1. The Kier molecular flexibility index (Phi) is 5.48. The molecule has 6 nitrogen and oxygen atoms in total. The van der Waals surface area contributed by atoms with Gasteiger partial charge in [-0.15, -0.1) is 0 Å². The monoisotopic (exact) mass is 412 g/mol. The molecule has 1 aromatic rings. The number of carbonyl (C=O) groups excluding carboxylic acids is 1. The first kappa shape index (κ1) is 20.3. The highest BCUT2D eigenvalue weighted by molar-refractivity contribution is 5.94. The van der Waals surface area contributed by atoms with Gasteiger partial charge in [0.25, 0.3) is 11.5 Å². The summed E-state index contributed by atoms with van der Waals surface area (Å²) in [5, 5.41) is 3.32. The number of hydrogen-bond donors (Lipinski definition) is 2. The van der Waals surface area contributed by atoms with E-state index in [1.165, 1.54) is 25.7 Å². The summed E-state index contributed by atoms with van der Waals surface area (Å²) in [6, 6.07) is 3.66. The standard InChI is InChI=1S/C24H36N4O2/c1-2-5-27-6-8-28(9-7-27)16-20-3-4-21(22(29)25-20)23(30)26-24-13-17-10-18(14-24)12-19(11-17)15-24/h3-4,17-19H,2,5-16H2,1H3,(H,25,29)(H,26,30). The van der Waals surface area contributed by atoms with Gasteiger partial charge in [-0.1, -0.05) is 6.92 Å². The Hall–Kier alpha value is -1.66. The van der Waals surface area contributed by atoms with Crippen LogP contribution in [0.3, 0.4) is 0 Å². The fraction of sp³-hybridized carbons (Fsp3) is 0.750. The number of hydrogen-bond acceptors (Lipinski definition) is 4. The number of piperazine rings is 1. The van der Waals surface area contributed by atoms with E-state index in [0.29, 0.717) is 0 Å². The summed E-state index contributed by atoms with van der Waals surface area (Å²) in [5.41, 5.74) is 0.853. The second-order valence-electron chi connectivity index (χ2n) is 10.5. The van der Waals surface area contributed by atoms with Gasteiger partial charge in [0.2, 0.25) is 0 Å². The van der Waals surface area contributed by atoms with Crippen molar-refractivity contribution in [1.29, 1.82) is 0 Å². The largest absolute Gasteiger partial charge is 0.346 e. The van der Waals surface area contributed by atoms with E-state index in [0.717, 1.165) is 82.0 Å². The van der Waals surface area contributed by atoms with Crippen molar-refractivity contribution >= 4 is 5.91 Å². The molecule has 0 spiro atoms.